The van der Waals surface area contributed by atoms with Crippen molar-refractivity contribution in [2.75, 3.05) is 18.4 Å². The highest BCUT2D eigenvalue weighted by atomic mass is 32.2. The fourth-order valence-electron chi connectivity index (χ4n) is 3.13. The molecule has 0 atom stereocenters. The monoisotopic (exact) mass is 415 g/mol. The summed E-state index contributed by atoms with van der Waals surface area (Å²) < 4.78 is 27.4. The maximum Gasteiger partial charge on any atom is 0.270 e. The summed E-state index contributed by atoms with van der Waals surface area (Å²) in [6.45, 7) is 0.939. The molecule has 2 aromatic rings. The van der Waals surface area contributed by atoms with Crippen LogP contribution in [0.25, 0.3) is 6.08 Å². The molecule has 0 radical (unpaired) electrons. The smallest absolute Gasteiger partial charge is 0.270 e. The van der Waals surface area contributed by atoms with Gasteiger partial charge >= 0.3 is 0 Å². The molecule has 152 valence electrons. The molecule has 1 amide bonds. The van der Waals surface area contributed by atoms with Crippen molar-refractivity contribution >= 4 is 33.4 Å². The van der Waals surface area contributed by atoms with Gasteiger partial charge in [-0.15, -0.1) is 0 Å². The summed E-state index contributed by atoms with van der Waals surface area (Å²) in [5.74, 6) is -0.530. The molecule has 0 aliphatic carbocycles. The minimum atomic E-state index is -3.70. The van der Waals surface area contributed by atoms with E-state index in [0.29, 0.717) is 18.7 Å². The summed E-state index contributed by atoms with van der Waals surface area (Å²) in [5, 5.41) is 13.4. The number of nitrogens with zero attached hydrogens (tertiary/aromatic N) is 2. The number of carbonyl (C=O) groups excluding carboxylic acids is 1. The standard InChI is InChI=1S/C20H21N3O5S/c24-20(12-11-16-7-6-8-17(15-16)23(25)26)21-18-9-2-3-10-19(18)29(27,28)22-13-4-1-5-14-22/h2-3,6-12,15H,1,4-5,13-14H2,(H,21,24)/b12-11+. The third-order valence-electron chi connectivity index (χ3n) is 4.59. The number of non-ortho nitro benzene ring substituents is 1. The summed E-state index contributed by atoms with van der Waals surface area (Å²) in [4.78, 5) is 22.7. The third kappa shape index (κ3) is 5.07. The number of nitrogens with one attached hydrogen (secondary N) is 1. The molecule has 1 heterocycles. The number of sulfonamides is 1. The van der Waals surface area contributed by atoms with E-state index in [1.165, 1.54) is 46.8 Å². The Kier molecular flexibility index (Phi) is 6.40. The van der Waals surface area contributed by atoms with Crippen LogP contribution in [0.15, 0.2) is 59.5 Å². The molecule has 3 rings (SSSR count). The Labute approximate surface area is 169 Å². The van der Waals surface area contributed by atoms with Gasteiger partial charge in [-0.3, -0.25) is 14.9 Å². The first-order valence-corrected chi connectivity index (χ1v) is 10.6. The van der Waals surface area contributed by atoms with Gasteiger partial charge in [0.15, 0.2) is 0 Å². The maximum atomic E-state index is 13.0. The van der Waals surface area contributed by atoms with Crippen molar-refractivity contribution in [3.05, 3.63) is 70.3 Å². The van der Waals surface area contributed by atoms with Crippen LogP contribution >= 0.6 is 0 Å². The van der Waals surface area contributed by atoms with E-state index in [-0.39, 0.29) is 16.3 Å². The number of nitro benzene ring substituents is 1. The first-order valence-electron chi connectivity index (χ1n) is 9.20. The van der Waals surface area contributed by atoms with Gasteiger partial charge in [-0.05, 0) is 36.6 Å². The molecule has 0 unspecified atom stereocenters. The van der Waals surface area contributed by atoms with Crippen molar-refractivity contribution in [1.82, 2.24) is 4.31 Å². The second-order valence-corrected chi connectivity index (χ2v) is 8.54. The first-order chi connectivity index (χ1) is 13.9. The Morgan fingerprint density at radius 1 is 1.07 bits per heavy atom. The molecule has 2 aromatic carbocycles. The van der Waals surface area contributed by atoms with E-state index in [1.807, 2.05) is 0 Å². The third-order valence-corrected chi connectivity index (χ3v) is 6.54. The number of rotatable bonds is 6. The van der Waals surface area contributed by atoms with Crippen LogP contribution in [0.2, 0.25) is 0 Å². The van der Waals surface area contributed by atoms with Gasteiger partial charge in [0.1, 0.15) is 4.90 Å². The van der Waals surface area contributed by atoms with E-state index >= 15 is 0 Å². The second-order valence-electron chi connectivity index (χ2n) is 6.64. The van der Waals surface area contributed by atoms with E-state index in [1.54, 1.807) is 18.2 Å². The van der Waals surface area contributed by atoms with Crippen molar-refractivity contribution < 1.29 is 18.1 Å². The number of piperidine rings is 1. The van der Waals surface area contributed by atoms with Gasteiger partial charge < -0.3 is 5.32 Å². The van der Waals surface area contributed by atoms with Crippen LogP contribution in [0.1, 0.15) is 24.8 Å². The molecule has 0 saturated carbocycles. The van der Waals surface area contributed by atoms with Gasteiger partial charge in [0.2, 0.25) is 15.9 Å². The Balaban J connectivity index is 1.78. The number of anilines is 1. The van der Waals surface area contributed by atoms with Gasteiger partial charge in [0.25, 0.3) is 5.69 Å². The fourth-order valence-corrected chi connectivity index (χ4v) is 4.79. The van der Waals surface area contributed by atoms with E-state index in [0.717, 1.165) is 19.3 Å². The number of nitro groups is 1. The fraction of sp³-hybridized carbons (Fsp3) is 0.250. The Morgan fingerprint density at radius 2 is 1.79 bits per heavy atom. The van der Waals surface area contributed by atoms with Crippen molar-refractivity contribution in [3.8, 4) is 0 Å². The van der Waals surface area contributed by atoms with Crippen molar-refractivity contribution in [2.45, 2.75) is 24.2 Å². The molecule has 9 heteroatoms. The lowest BCUT2D eigenvalue weighted by Gasteiger charge is -2.26. The average Bonchev–Trinajstić information content (AvgIpc) is 2.73. The molecular weight excluding hydrogens is 394 g/mol. The number of hydrogen-bond donors (Lipinski definition) is 1. The molecular formula is C20H21N3O5S. The van der Waals surface area contributed by atoms with Crippen LogP contribution < -0.4 is 5.32 Å². The first kappa shape index (κ1) is 20.7. The molecule has 1 fully saturated rings. The van der Waals surface area contributed by atoms with Crippen LogP contribution in [0.4, 0.5) is 11.4 Å². The second kappa shape index (κ2) is 8.97. The molecule has 1 aliphatic rings. The van der Waals surface area contributed by atoms with Crippen LogP contribution in [0, 0.1) is 10.1 Å². The van der Waals surface area contributed by atoms with E-state index in [2.05, 4.69) is 5.32 Å². The summed E-state index contributed by atoms with van der Waals surface area (Å²) in [5.41, 5.74) is 0.612. The van der Waals surface area contributed by atoms with Gasteiger partial charge in [0.05, 0.1) is 10.6 Å². The highest BCUT2D eigenvalue weighted by molar-refractivity contribution is 7.89. The Morgan fingerprint density at radius 3 is 2.52 bits per heavy atom. The number of benzene rings is 2. The average molecular weight is 415 g/mol. The zero-order valence-electron chi connectivity index (χ0n) is 15.7. The minimum Gasteiger partial charge on any atom is -0.321 e. The SMILES string of the molecule is O=C(/C=C/c1cccc([N+](=O)[O-])c1)Nc1ccccc1S(=O)(=O)N1CCCCC1. The molecule has 0 aromatic heterocycles. The molecule has 1 N–H and O–H groups in total. The van der Waals surface area contributed by atoms with E-state index < -0.39 is 20.9 Å². The Hall–Kier alpha value is -3.04. The van der Waals surface area contributed by atoms with Crippen LogP contribution in [-0.2, 0) is 14.8 Å². The highest BCUT2D eigenvalue weighted by Crippen LogP contribution is 2.27. The maximum absolute atomic E-state index is 13.0. The summed E-state index contributed by atoms with van der Waals surface area (Å²) in [6.07, 6.45) is 5.29. The zero-order chi connectivity index (χ0) is 20.9. The molecule has 1 aliphatic heterocycles. The topological polar surface area (TPSA) is 110 Å². The van der Waals surface area contributed by atoms with Crippen molar-refractivity contribution in [3.63, 3.8) is 0 Å². The number of hydrogen-bond acceptors (Lipinski definition) is 5. The normalized spacial score (nSPS) is 15.3. The molecule has 0 bridgehead atoms. The number of para-hydroxylation sites is 1. The summed E-state index contributed by atoms with van der Waals surface area (Å²) in [6, 6.07) is 12.1. The predicted molar refractivity (Wildman–Crippen MR) is 110 cm³/mol. The number of carbonyl (C=O) groups is 1. The van der Waals surface area contributed by atoms with Crippen LogP contribution in [0.3, 0.4) is 0 Å². The van der Waals surface area contributed by atoms with Crippen LogP contribution in [0.5, 0.6) is 0 Å². The van der Waals surface area contributed by atoms with Gasteiger partial charge in [-0.1, -0.05) is 30.7 Å². The van der Waals surface area contributed by atoms with Crippen molar-refractivity contribution in [2.24, 2.45) is 0 Å². The molecule has 29 heavy (non-hydrogen) atoms. The van der Waals surface area contributed by atoms with Crippen molar-refractivity contribution in [1.29, 1.82) is 0 Å². The zero-order valence-corrected chi connectivity index (χ0v) is 16.5. The van der Waals surface area contributed by atoms with Gasteiger partial charge in [0, 0.05) is 31.3 Å². The van der Waals surface area contributed by atoms with Gasteiger partial charge in [-0.25, -0.2) is 8.42 Å². The predicted octanol–water partition coefficient (Wildman–Crippen LogP) is 3.42. The van der Waals surface area contributed by atoms with E-state index in [9.17, 15) is 23.3 Å². The lowest BCUT2D eigenvalue weighted by Crippen LogP contribution is -2.36. The Bertz CT molecular complexity index is 1040. The quantitative estimate of drug-likeness (QED) is 0.442. The highest BCUT2D eigenvalue weighted by Gasteiger charge is 2.28. The summed E-state index contributed by atoms with van der Waals surface area (Å²) in [7, 11) is -3.70. The molecule has 1 saturated heterocycles. The molecule has 0 spiro atoms. The minimum absolute atomic E-state index is 0.0546. The largest absolute Gasteiger partial charge is 0.321 e. The van der Waals surface area contributed by atoms with Crippen LogP contribution in [-0.4, -0.2) is 36.6 Å². The lowest BCUT2D eigenvalue weighted by atomic mass is 10.2. The van der Waals surface area contributed by atoms with Gasteiger partial charge in [-0.2, -0.15) is 4.31 Å². The lowest BCUT2D eigenvalue weighted by molar-refractivity contribution is -0.384. The van der Waals surface area contributed by atoms with E-state index in [4.69, 9.17) is 0 Å². The molecule has 8 nitrogen and oxygen atoms in total. The summed E-state index contributed by atoms with van der Waals surface area (Å²) >= 11 is 0. The number of amides is 1.